The van der Waals surface area contributed by atoms with Crippen LogP contribution in [0.25, 0.3) is 0 Å². The largest absolute Gasteiger partial charge is 0.383 e. The fourth-order valence-corrected chi connectivity index (χ4v) is 5.27. The lowest BCUT2D eigenvalue weighted by molar-refractivity contribution is 0.0959. The first-order chi connectivity index (χ1) is 14.2. The van der Waals surface area contributed by atoms with Crippen molar-refractivity contribution in [2.45, 2.75) is 32.6 Å². The topological polar surface area (TPSA) is 60.1 Å². The average Bonchev–Trinajstić information content (AvgIpc) is 3.15. The third kappa shape index (κ3) is 5.69. The summed E-state index contributed by atoms with van der Waals surface area (Å²) >= 11 is 0. The highest BCUT2D eigenvalue weighted by Gasteiger charge is 2.26. The fraction of sp³-hybridized carbons (Fsp3) is 0.783. The van der Waals surface area contributed by atoms with Crippen LogP contribution < -0.4 is 11.1 Å². The quantitative estimate of drug-likeness (QED) is 0.708. The number of amidine groups is 1. The fourth-order valence-electron chi connectivity index (χ4n) is 5.27. The Bertz CT molecular complexity index is 617. The molecule has 0 unspecified atom stereocenters. The minimum atomic E-state index is 0.584. The van der Waals surface area contributed by atoms with E-state index in [1.807, 2.05) is 6.92 Å². The van der Waals surface area contributed by atoms with Gasteiger partial charge >= 0.3 is 0 Å². The standard InChI is InChI=1S/C23H40N6/c1-2-20-17-22(26-23(20)24)21-5-9-27(10-6-21)11-12-28-13-15-29(16-14-28)18-19-3-7-25-8-4-19/h2,17,19,21,25H,3-16,18H2,1H3,(H2,24,26)/b20-2+. The summed E-state index contributed by atoms with van der Waals surface area (Å²) in [5, 5.41) is 3.48. The Balaban J connectivity index is 1.12. The highest BCUT2D eigenvalue weighted by Crippen LogP contribution is 2.29. The molecule has 4 rings (SSSR count). The molecule has 162 valence electrons. The highest BCUT2D eigenvalue weighted by atomic mass is 15.3. The number of aliphatic imine (C=N–C) groups is 1. The van der Waals surface area contributed by atoms with Gasteiger partial charge in [0.05, 0.1) is 0 Å². The average molecular weight is 401 g/mol. The van der Waals surface area contributed by atoms with E-state index in [1.165, 1.54) is 103 Å². The summed E-state index contributed by atoms with van der Waals surface area (Å²) in [5.41, 5.74) is 8.32. The van der Waals surface area contributed by atoms with Gasteiger partial charge in [-0.05, 0) is 70.8 Å². The lowest BCUT2D eigenvalue weighted by Crippen LogP contribution is -2.50. The number of hydrogen-bond acceptors (Lipinski definition) is 6. The molecule has 0 aliphatic carbocycles. The van der Waals surface area contributed by atoms with Crippen LogP contribution in [-0.2, 0) is 0 Å². The summed E-state index contributed by atoms with van der Waals surface area (Å²) in [4.78, 5) is 12.6. The van der Waals surface area contributed by atoms with Crippen LogP contribution in [0.2, 0.25) is 0 Å². The number of piperazine rings is 1. The van der Waals surface area contributed by atoms with Crippen molar-refractivity contribution < 1.29 is 0 Å². The molecular formula is C23H40N6. The van der Waals surface area contributed by atoms with Crippen molar-refractivity contribution in [3.05, 3.63) is 23.4 Å². The molecule has 3 N–H and O–H groups in total. The lowest BCUT2D eigenvalue weighted by Gasteiger charge is -2.38. The second kappa shape index (κ2) is 10.2. The zero-order valence-electron chi connectivity index (χ0n) is 18.3. The third-order valence-electron chi connectivity index (χ3n) is 7.34. The van der Waals surface area contributed by atoms with Crippen molar-refractivity contribution in [1.29, 1.82) is 0 Å². The van der Waals surface area contributed by atoms with Crippen LogP contribution in [0.15, 0.2) is 28.4 Å². The number of hydrogen-bond donors (Lipinski definition) is 2. The Labute approximate surface area is 176 Å². The molecule has 0 amide bonds. The van der Waals surface area contributed by atoms with E-state index in [9.17, 15) is 0 Å². The number of likely N-dealkylation sites (tertiary alicyclic amines) is 1. The first-order valence-corrected chi connectivity index (χ1v) is 11.8. The zero-order chi connectivity index (χ0) is 20.1. The molecule has 0 aromatic carbocycles. The minimum Gasteiger partial charge on any atom is -0.383 e. The lowest BCUT2D eigenvalue weighted by atomic mass is 9.93. The number of nitrogens with zero attached hydrogens (tertiary/aromatic N) is 4. The molecule has 0 saturated carbocycles. The van der Waals surface area contributed by atoms with Crippen molar-refractivity contribution in [2.75, 3.05) is 72.0 Å². The van der Waals surface area contributed by atoms with E-state index in [-0.39, 0.29) is 0 Å². The van der Waals surface area contributed by atoms with Gasteiger partial charge in [0.15, 0.2) is 0 Å². The van der Waals surface area contributed by atoms with Gasteiger partial charge in [-0.2, -0.15) is 0 Å². The van der Waals surface area contributed by atoms with Gasteiger partial charge in [0.2, 0.25) is 0 Å². The van der Waals surface area contributed by atoms with Crippen molar-refractivity contribution in [3.8, 4) is 0 Å². The Kier molecular flexibility index (Phi) is 7.40. The van der Waals surface area contributed by atoms with Gasteiger partial charge in [0.1, 0.15) is 5.84 Å². The van der Waals surface area contributed by atoms with Gasteiger partial charge in [-0.1, -0.05) is 6.08 Å². The van der Waals surface area contributed by atoms with Gasteiger partial charge in [0, 0.05) is 63.0 Å². The molecule has 4 aliphatic rings. The first-order valence-electron chi connectivity index (χ1n) is 11.8. The van der Waals surface area contributed by atoms with Crippen molar-refractivity contribution >= 4 is 5.84 Å². The first kappa shape index (κ1) is 21.0. The van der Waals surface area contributed by atoms with Crippen LogP contribution in [-0.4, -0.2) is 92.5 Å². The summed E-state index contributed by atoms with van der Waals surface area (Å²) in [5.74, 6) is 2.20. The molecule has 6 nitrogen and oxygen atoms in total. The zero-order valence-corrected chi connectivity index (χ0v) is 18.3. The molecule has 0 bridgehead atoms. The Morgan fingerprint density at radius 3 is 2.21 bits per heavy atom. The number of nitrogens with one attached hydrogen (secondary N) is 1. The minimum absolute atomic E-state index is 0.584. The monoisotopic (exact) mass is 400 g/mol. The summed E-state index contributed by atoms with van der Waals surface area (Å²) in [6.45, 7) is 15.6. The van der Waals surface area contributed by atoms with Crippen LogP contribution in [0.4, 0.5) is 0 Å². The predicted molar refractivity (Wildman–Crippen MR) is 121 cm³/mol. The Morgan fingerprint density at radius 1 is 0.966 bits per heavy atom. The molecule has 0 aromatic rings. The van der Waals surface area contributed by atoms with Crippen LogP contribution in [0.3, 0.4) is 0 Å². The van der Waals surface area contributed by atoms with Crippen LogP contribution in [0.1, 0.15) is 32.6 Å². The molecule has 0 radical (unpaired) electrons. The Morgan fingerprint density at radius 2 is 1.59 bits per heavy atom. The van der Waals surface area contributed by atoms with Gasteiger partial charge in [-0.25, -0.2) is 4.99 Å². The van der Waals surface area contributed by atoms with Gasteiger partial charge in [-0.3, -0.25) is 4.90 Å². The molecular weight excluding hydrogens is 360 g/mol. The van der Waals surface area contributed by atoms with E-state index in [0.29, 0.717) is 11.8 Å². The molecule has 3 fully saturated rings. The maximum absolute atomic E-state index is 6.01. The van der Waals surface area contributed by atoms with Crippen LogP contribution >= 0.6 is 0 Å². The second-order valence-electron chi connectivity index (χ2n) is 9.26. The van der Waals surface area contributed by atoms with Gasteiger partial charge in [-0.15, -0.1) is 0 Å². The molecule has 0 atom stereocenters. The molecule has 29 heavy (non-hydrogen) atoms. The van der Waals surface area contributed by atoms with E-state index in [4.69, 9.17) is 5.73 Å². The van der Waals surface area contributed by atoms with Gasteiger partial charge in [0.25, 0.3) is 0 Å². The number of piperidine rings is 2. The third-order valence-corrected chi connectivity index (χ3v) is 7.34. The molecule has 4 heterocycles. The van der Waals surface area contributed by atoms with E-state index in [1.54, 1.807) is 0 Å². The number of rotatable bonds is 6. The molecule has 0 aromatic heterocycles. The summed E-state index contributed by atoms with van der Waals surface area (Å²) in [6.07, 6.45) is 9.40. The molecule has 0 spiro atoms. The summed E-state index contributed by atoms with van der Waals surface area (Å²) < 4.78 is 0. The van der Waals surface area contributed by atoms with Crippen LogP contribution in [0, 0.1) is 11.8 Å². The number of nitrogens with two attached hydrogens (primary N) is 1. The van der Waals surface area contributed by atoms with Crippen molar-refractivity contribution in [2.24, 2.45) is 22.6 Å². The van der Waals surface area contributed by atoms with E-state index in [2.05, 4.69) is 37.2 Å². The highest BCUT2D eigenvalue weighted by molar-refractivity contribution is 6.02. The van der Waals surface area contributed by atoms with Crippen molar-refractivity contribution in [3.63, 3.8) is 0 Å². The van der Waals surface area contributed by atoms with Crippen molar-refractivity contribution in [1.82, 2.24) is 20.0 Å². The predicted octanol–water partition coefficient (Wildman–Crippen LogP) is 1.52. The normalized spacial score (nSPS) is 28.1. The van der Waals surface area contributed by atoms with E-state index in [0.717, 1.165) is 11.5 Å². The molecule has 3 saturated heterocycles. The second-order valence-corrected chi connectivity index (χ2v) is 9.26. The number of allylic oxidation sites excluding steroid dienone is 2. The maximum Gasteiger partial charge on any atom is 0.130 e. The van der Waals surface area contributed by atoms with Crippen LogP contribution in [0.5, 0.6) is 0 Å². The van der Waals surface area contributed by atoms with Gasteiger partial charge < -0.3 is 20.9 Å². The van der Waals surface area contributed by atoms with E-state index >= 15 is 0 Å². The smallest absolute Gasteiger partial charge is 0.130 e. The SMILES string of the molecule is C/C=C1\C=C(C2CCN(CCN3CCN(CC4CCNCC4)CC3)CC2)N=C1N. The summed E-state index contributed by atoms with van der Waals surface area (Å²) in [7, 11) is 0. The maximum atomic E-state index is 6.01. The van der Waals surface area contributed by atoms with E-state index < -0.39 is 0 Å². The molecule has 4 aliphatic heterocycles. The Hall–Kier alpha value is -1.21. The molecule has 6 heteroatoms. The summed E-state index contributed by atoms with van der Waals surface area (Å²) in [6, 6.07) is 0.